The van der Waals surface area contributed by atoms with E-state index in [0.29, 0.717) is 24.3 Å². The summed E-state index contributed by atoms with van der Waals surface area (Å²) in [4.78, 5) is 21.4. The van der Waals surface area contributed by atoms with Crippen molar-refractivity contribution in [2.75, 3.05) is 11.5 Å². The van der Waals surface area contributed by atoms with Crippen molar-refractivity contribution in [3.05, 3.63) is 0 Å². The molecule has 0 saturated heterocycles. The number of carbonyl (C=O) groups excluding carboxylic acids is 2. The first-order valence-electron chi connectivity index (χ1n) is 6.04. The fourth-order valence-electron chi connectivity index (χ4n) is 1.35. The predicted molar refractivity (Wildman–Crippen MR) is 76.8 cm³/mol. The van der Waals surface area contributed by atoms with Gasteiger partial charge in [-0.05, 0) is 12.8 Å². The number of unbranched alkanes of at least 4 members (excludes halogenated alkanes) is 1. The zero-order chi connectivity index (χ0) is 14.0. The van der Waals surface area contributed by atoms with Crippen LogP contribution in [0.4, 0.5) is 0 Å². The van der Waals surface area contributed by atoms with Crippen LogP contribution in [-0.2, 0) is 9.59 Å². The van der Waals surface area contributed by atoms with Crippen molar-refractivity contribution >= 4 is 33.8 Å². The van der Waals surface area contributed by atoms with Crippen molar-refractivity contribution in [2.24, 2.45) is 0 Å². The molecule has 0 aliphatic rings. The number of aliphatic hydroxyl groups is 2. The minimum Gasteiger partial charge on any atom is -0.392 e. The van der Waals surface area contributed by atoms with Crippen molar-refractivity contribution in [1.82, 2.24) is 0 Å². The van der Waals surface area contributed by atoms with E-state index in [4.69, 9.17) is 0 Å². The van der Waals surface area contributed by atoms with Crippen LogP contribution in [0.2, 0.25) is 0 Å². The highest BCUT2D eigenvalue weighted by Gasteiger charge is 2.08. The fourth-order valence-corrected chi connectivity index (χ4v) is 2.54. The Morgan fingerprint density at radius 2 is 1.22 bits per heavy atom. The van der Waals surface area contributed by atoms with Gasteiger partial charge >= 0.3 is 0 Å². The van der Waals surface area contributed by atoms with E-state index in [1.807, 2.05) is 0 Å². The molecule has 0 aromatic rings. The van der Waals surface area contributed by atoms with Crippen LogP contribution in [0.1, 0.15) is 39.5 Å². The number of hydrogen-bond acceptors (Lipinski definition) is 6. The molecule has 0 aromatic carbocycles. The van der Waals surface area contributed by atoms with Crippen molar-refractivity contribution in [1.29, 1.82) is 0 Å². The second-order valence-electron chi connectivity index (χ2n) is 4.20. The average molecular weight is 294 g/mol. The smallest absolute Gasteiger partial charge is 0.185 e. The van der Waals surface area contributed by atoms with Gasteiger partial charge in [0.2, 0.25) is 0 Å². The molecule has 18 heavy (non-hydrogen) atoms. The fraction of sp³-hybridized carbons (Fsp3) is 0.833. The first-order valence-corrected chi connectivity index (χ1v) is 8.01. The highest BCUT2D eigenvalue weighted by molar-refractivity contribution is 8.13. The summed E-state index contributed by atoms with van der Waals surface area (Å²) in [6, 6.07) is 0. The lowest BCUT2D eigenvalue weighted by atomic mass is 10.1. The maximum Gasteiger partial charge on any atom is 0.185 e. The molecule has 0 aliphatic carbocycles. The topological polar surface area (TPSA) is 74.6 Å². The molecule has 0 radical (unpaired) electrons. The van der Waals surface area contributed by atoms with Crippen LogP contribution in [0.3, 0.4) is 0 Å². The van der Waals surface area contributed by atoms with Crippen LogP contribution < -0.4 is 0 Å². The molecule has 0 rings (SSSR count). The van der Waals surface area contributed by atoms with Gasteiger partial charge in [-0.15, -0.1) is 0 Å². The molecule has 0 fully saturated rings. The van der Waals surface area contributed by atoms with Crippen LogP contribution in [-0.4, -0.2) is 44.2 Å². The van der Waals surface area contributed by atoms with Gasteiger partial charge in [0.1, 0.15) is 0 Å². The molecule has 2 unspecified atom stereocenters. The van der Waals surface area contributed by atoms with Crippen molar-refractivity contribution in [2.45, 2.75) is 51.7 Å². The number of hydrogen-bond donors (Lipinski definition) is 2. The normalized spacial score (nSPS) is 14.2. The van der Waals surface area contributed by atoms with Crippen LogP contribution in [0.15, 0.2) is 0 Å². The minimum atomic E-state index is -0.456. The zero-order valence-corrected chi connectivity index (χ0v) is 12.6. The lowest BCUT2D eigenvalue weighted by molar-refractivity contribution is -0.110. The molecular formula is C12H22O4S2. The lowest BCUT2D eigenvalue weighted by Gasteiger charge is -2.11. The molecule has 0 spiro atoms. The van der Waals surface area contributed by atoms with E-state index in [0.717, 1.165) is 36.4 Å². The van der Waals surface area contributed by atoms with E-state index < -0.39 is 12.2 Å². The van der Waals surface area contributed by atoms with E-state index in [1.54, 1.807) is 0 Å². The maximum absolute atomic E-state index is 10.7. The molecule has 0 aliphatic heterocycles. The minimum absolute atomic E-state index is 0.0192. The third-order valence-electron chi connectivity index (χ3n) is 2.28. The van der Waals surface area contributed by atoms with Crippen molar-refractivity contribution < 1.29 is 19.8 Å². The summed E-state index contributed by atoms with van der Waals surface area (Å²) in [5.74, 6) is 0.885. The number of carbonyl (C=O) groups is 2. The Balaban J connectivity index is 3.43. The van der Waals surface area contributed by atoms with Crippen LogP contribution in [0.5, 0.6) is 0 Å². The van der Waals surface area contributed by atoms with Gasteiger partial charge in [-0.2, -0.15) is 0 Å². The van der Waals surface area contributed by atoms with Gasteiger partial charge in [0.05, 0.1) is 12.2 Å². The van der Waals surface area contributed by atoms with Crippen molar-refractivity contribution in [3.8, 4) is 0 Å². The molecule has 0 aromatic heterocycles. The zero-order valence-electron chi connectivity index (χ0n) is 10.9. The monoisotopic (exact) mass is 294 g/mol. The largest absolute Gasteiger partial charge is 0.392 e. The molecule has 0 amide bonds. The Kier molecular flexibility index (Phi) is 10.8. The highest BCUT2D eigenvalue weighted by atomic mass is 32.2. The van der Waals surface area contributed by atoms with Crippen molar-refractivity contribution in [3.63, 3.8) is 0 Å². The molecule has 4 nitrogen and oxygen atoms in total. The Morgan fingerprint density at radius 1 is 0.889 bits per heavy atom. The first-order chi connectivity index (χ1) is 8.41. The van der Waals surface area contributed by atoms with Gasteiger partial charge in [0.25, 0.3) is 0 Å². The second kappa shape index (κ2) is 10.8. The van der Waals surface area contributed by atoms with Gasteiger partial charge in [-0.3, -0.25) is 9.59 Å². The summed E-state index contributed by atoms with van der Waals surface area (Å²) in [6.07, 6.45) is 2.02. The second-order valence-corrected chi connectivity index (χ2v) is 6.59. The number of aliphatic hydroxyl groups excluding tert-OH is 2. The van der Waals surface area contributed by atoms with Gasteiger partial charge < -0.3 is 10.2 Å². The number of rotatable bonds is 9. The van der Waals surface area contributed by atoms with Crippen LogP contribution >= 0.6 is 23.5 Å². The molecule has 0 bridgehead atoms. The highest BCUT2D eigenvalue weighted by Crippen LogP contribution is 2.13. The molecule has 6 heteroatoms. The van der Waals surface area contributed by atoms with E-state index in [2.05, 4.69) is 0 Å². The van der Waals surface area contributed by atoms with E-state index in [1.165, 1.54) is 13.8 Å². The summed E-state index contributed by atoms with van der Waals surface area (Å²) < 4.78 is 0. The lowest BCUT2D eigenvalue weighted by Crippen LogP contribution is -2.13. The van der Waals surface area contributed by atoms with E-state index in [-0.39, 0.29) is 10.2 Å². The first kappa shape index (κ1) is 18.0. The standard InChI is InChI=1S/C12H22O4S2/c1-9(13)17-7-11(15)5-3-4-6-12(16)8-18-10(2)14/h11-12,15-16H,3-8H2,1-2H3. The van der Waals surface area contributed by atoms with Gasteiger partial charge in [-0.25, -0.2) is 0 Å². The molecule has 2 N–H and O–H groups in total. The SMILES string of the molecule is CC(=O)SCC(O)CCCCC(O)CSC(C)=O. The van der Waals surface area contributed by atoms with Crippen LogP contribution in [0, 0.1) is 0 Å². The van der Waals surface area contributed by atoms with Crippen LogP contribution in [0.25, 0.3) is 0 Å². The summed E-state index contributed by atoms with van der Waals surface area (Å²) in [5, 5.41) is 19.1. The quantitative estimate of drug-likeness (QED) is 0.632. The van der Waals surface area contributed by atoms with E-state index >= 15 is 0 Å². The van der Waals surface area contributed by atoms with Gasteiger partial charge in [0.15, 0.2) is 10.2 Å². The third kappa shape index (κ3) is 12.4. The Labute approximate surface area is 117 Å². The Morgan fingerprint density at radius 3 is 1.50 bits per heavy atom. The van der Waals surface area contributed by atoms with E-state index in [9.17, 15) is 19.8 Å². The molecule has 0 saturated carbocycles. The Hall–Kier alpha value is -0.0400. The number of thioether (sulfide) groups is 2. The average Bonchev–Trinajstić information content (AvgIpc) is 2.29. The molecule has 0 heterocycles. The predicted octanol–water partition coefficient (Wildman–Crippen LogP) is 1.83. The molecular weight excluding hydrogens is 272 g/mol. The summed E-state index contributed by atoms with van der Waals surface area (Å²) in [7, 11) is 0. The molecule has 2 atom stereocenters. The summed E-state index contributed by atoms with van der Waals surface area (Å²) >= 11 is 2.27. The Bertz CT molecular complexity index is 232. The maximum atomic E-state index is 10.7. The van der Waals surface area contributed by atoms with Gasteiger partial charge in [0, 0.05) is 25.4 Å². The summed E-state index contributed by atoms with van der Waals surface area (Å²) in [5.41, 5.74) is 0. The molecule has 106 valence electrons. The van der Waals surface area contributed by atoms with Gasteiger partial charge in [-0.1, -0.05) is 36.4 Å². The third-order valence-corrected chi connectivity index (χ3v) is 4.20. The summed E-state index contributed by atoms with van der Waals surface area (Å²) in [6.45, 7) is 2.97.